The van der Waals surface area contributed by atoms with E-state index in [-0.39, 0.29) is 0 Å². The van der Waals surface area contributed by atoms with Crippen molar-refractivity contribution in [2.45, 2.75) is 6.92 Å². The molecular formula is C20H21N3O3. The molecule has 0 saturated heterocycles. The van der Waals surface area contributed by atoms with Crippen molar-refractivity contribution < 1.29 is 14.3 Å². The Morgan fingerprint density at radius 1 is 1.04 bits per heavy atom. The number of anilines is 1. The lowest BCUT2D eigenvalue weighted by Crippen LogP contribution is -2.34. The molecule has 0 aliphatic heterocycles. The maximum atomic E-state index is 12.1. The fraction of sp³-hybridized carbons (Fsp3) is 0.150. The summed E-state index contributed by atoms with van der Waals surface area (Å²) >= 11 is 0. The number of amides is 2. The molecule has 0 aromatic heterocycles. The van der Waals surface area contributed by atoms with Gasteiger partial charge >= 0.3 is 0 Å². The first-order chi connectivity index (χ1) is 12.6. The van der Waals surface area contributed by atoms with E-state index in [1.165, 1.54) is 13.1 Å². The molecule has 0 aliphatic rings. The maximum Gasteiger partial charge on any atom is 0.252 e. The molecule has 0 radical (unpaired) electrons. The zero-order valence-electron chi connectivity index (χ0n) is 14.7. The van der Waals surface area contributed by atoms with E-state index in [9.17, 15) is 9.59 Å². The molecule has 6 nitrogen and oxygen atoms in total. The molecule has 0 spiro atoms. The molecule has 2 aromatic rings. The van der Waals surface area contributed by atoms with Gasteiger partial charge in [-0.3, -0.25) is 9.59 Å². The highest BCUT2D eigenvalue weighted by molar-refractivity contribution is 6.06. The van der Waals surface area contributed by atoms with Crippen LogP contribution in [0.1, 0.15) is 12.5 Å². The highest BCUT2D eigenvalue weighted by atomic mass is 16.5. The van der Waals surface area contributed by atoms with Crippen molar-refractivity contribution in [3.63, 3.8) is 0 Å². The van der Waals surface area contributed by atoms with Gasteiger partial charge in [0.15, 0.2) is 0 Å². The van der Waals surface area contributed by atoms with Crippen LogP contribution in [0.4, 0.5) is 5.69 Å². The number of hydrogen-bond donors (Lipinski definition) is 2. The number of hydrazone groups is 1. The summed E-state index contributed by atoms with van der Waals surface area (Å²) in [5.41, 5.74) is 3.97. The number of methoxy groups -OCH3 is 1. The van der Waals surface area contributed by atoms with Gasteiger partial charge in [0.05, 0.1) is 7.11 Å². The van der Waals surface area contributed by atoms with Crippen LogP contribution in [-0.2, 0) is 9.59 Å². The number of benzene rings is 2. The first-order valence-electron chi connectivity index (χ1n) is 8.09. The van der Waals surface area contributed by atoms with Crippen LogP contribution in [0.5, 0.6) is 5.75 Å². The van der Waals surface area contributed by atoms with Gasteiger partial charge < -0.3 is 10.1 Å². The second-order valence-electron chi connectivity index (χ2n) is 5.46. The van der Waals surface area contributed by atoms with Crippen LogP contribution in [0.2, 0.25) is 0 Å². The molecule has 2 rings (SSSR count). The van der Waals surface area contributed by atoms with Crippen LogP contribution in [0.15, 0.2) is 65.8 Å². The van der Waals surface area contributed by atoms with Gasteiger partial charge in [0.1, 0.15) is 11.7 Å². The van der Waals surface area contributed by atoms with Gasteiger partial charge in [0, 0.05) is 11.9 Å². The summed E-state index contributed by atoms with van der Waals surface area (Å²) in [6.07, 6.45) is 5.02. The fourth-order valence-corrected chi connectivity index (χ4v) is 2.00. The SMILES string of the molecule is COc1ccc(NC(=O)C(C)C(=O)NN=CC=Cc2ccccc2)cc1. The summed E-state index contributed by atoms with van der Waals surface area (Å²) in [5, 5.41) is 6.49. The van der Waals surface area contributed by atoms with Crippen molar-refractivity contribution >= 4 is 29.8 Å². The second kappa shape index (κ2) is 9.78. The van der Waals surface area contributed by atoms with E-state index in [0.717, 1.165) is 5.56 Å². The van der Waals surface area contributed by atoms with E-state index < -0.39 is 17.7 Å². The number of nitrogens with zero attached hydrogens (tertiary/aromatic N) is 1. The number of rotatable bonds is 7. The van der Waals surface area contributed by atoms with E-state index in [0.29, 0.717) is 11.4 Å². The zero-order chi connectivity index (χ0) is 18.8. The average molecular weight is 351 g/mol. The van der Waals surface area contributed by atoms with Crippen LogP contribution in [0.3, 0.4) is 0 Å². The van der Waals surface area contributed by atoms with Crippen molar-refractivity contribution in [1.82, 2.24) is 5.43 Å². The predicted octanol–water partition coefficient (Wildman–Crippen LogP) is 3.09. The Morgan fingerprint density at radius 2 is 1.73 bits per heavy atom. The van der Waals surface area contributed by atoms with Gasteiger partial charge in [0.2, 0.25) is 5.91 Å². The molecule has 0 fully saturated rings. The number of nitrogens with one attached hydrogen (secondary N) is 2. The number of hydrogen-bond acceptors (Lipinski definition) is 4. The number of carbonyl (C=O) groups is 2. The first kappa shape index (κ1) is 18.9. The van der Waals surface area contributed by atoms with Crippen LogP contribution in [0.25, 0.3) is 6.08 Å². The minimum absolute atomic E-state index is 0.414. The van der Waals surface area contributed by atoms with Gasteiger partial charge in [-0.2, -0.15) is 5.10 Å². The largest absolute Gasteiger partial charge is 0.497 e. The normalized spacial score (nSPS) is 12.1. The zero-order valence-corrected chi connectivity index (χ0v) is 14.7. The maximum absolute atomic E-state index is 12.1. The Labute approximate surface area is 152 Å². The lowest BCUT2D eigenvalue weighted by Gasteiger charge is -2.11. The summed E-state index contributed by atoms with van der Waals surface area (Å²) < 4.78 is 5.05. The molecule has 0 saturated carbocycles. The number of ether oxygens (including phenoxy) is 1. The Hall–Kier alpha value is -3.41. The quantitative estimate of drug-likeness (QED) is 0.457. The molecule has 2 N–H and O–H groups in total. The summed E-state index contributed by atoms with van der Waals surface area (Å²) in [6.45, 7) is 1.52. The Morgan fingerprint density at radius 3 is 2.38 bits per heavy atom. The van der Waals surface area contributed by atoms with E-state index in [1.54, 1.807) is 37.5 Å². The molecule has 1 unspecified atom stereocenters. The van der Waals surface area contributed by atoms with E-state index >= 15 is 0 Å². The van der Waals surface area contributed by atoms with Crippen LogP contribution < -0.4 is 15.5 Å². The van der Waals surface area contributed by atoms with Gasteiger partial charge in [-0.15, -0.1) is 0 Å². The van der Waals surface area contributed by atoms with Crippen molar-refractivity contribution in [3.8, 4) is 5.75 Å². The van der Waals surface area contributed by atoms with Crippen molar-refractivity contribution in [2.75, 3.05) is 12.4 Å². The minimum Gasteiger partial charge on any atom is -0.497 e. The summed E-state index contributed by atoms with van der Waals surface area (Å²) in [4.78, 5) is 24.1. The molecular weight excluding hydrogens is 330 g/mol. The number of carbonyl (C=O) groups excluding carboxylic acids is 2. The standard InChI is InChI=1S/C20H21N3O3/c1-15(19(24)22-17-10-12-18(26-2)13-11-17)20(25)23-21-14-6-9-16-7-4-3-5-8-16/h3-15H,1-2H3,(H,22,24)(H,23,25). The molecule has 2 aromatic carbocycles. The third kappa shape index (κ3) is 5.90. The van der Waals surface area contributed by atoms with Gasteiger partial charge in [-0.25, -0.2) is 5.43 Å². The molecule has 0 bridgehead atoms. The summed E-state index contributed by atoms with van der Waals surface area (Å²) in [5.74, 6) is -1.10. The molecule has 2 amide bonds. The summed E-state index contributed by atoms with van der Waals surface area (Å²) in [6, 6.07) is 16.6. The van der Waals surface area contributed by atoms with Crippen molar-refractivity contribution in [2.24, 2.45) is 11.0 Å². The van der Waals surface area contributed by atoms with Gasteiger partial charge in [-0.05, 0) is 42.8 Å². The average Bonchev–Trinajstić information content (AvgIpc) is 2.68. The van der Waals surface area contributed by atoms with E-state index in [4.69, 9.17) is 4.74 Å². The highest BCUT2D eigenvalue weighted by Crippen LogP contribution is 2.15. The van der Waals surface area contributed by atoms with Crippen LogP contribution in [-0.4, -0.2) is 25.1 Å². The van der Waals surface area contributed by atoms with E-state index in [2.05, 4.69) is 15.8 Å². The molecule has 134 valence electrons. The van der Waals surface area contributed by atoms with E-state index in [1.807, 2.05) is 36.4 Å². The monoisotopic (exact) mass is 351 g/mol. The molecule has 0 aliphatic carbocycles. The molecule has 26 heavy (non-hydrogen) atoms. The lowest BCUT2D eigenvalue weighted by molar-refractivity contribution is -0.131. The topological polar surface area (TPSA) is 79.8 Å². The Kier molecular flexibility index (Phi) is 7.12. The van der Waals surface area contributed by atoms with Crippen molar-refractivity contribution in [3.05, 3.63) is 66.2 Å². The molecule has 1 atom stereocenters. The first-order valence-corrected chi connectivity index (χ1v) is 8.09. The Bertz CT molecular complexity index is 784. The summed E-state index contributed by atoms with van der Waals surface area (Å²) in [7, 11) is 1.57. The predicted molar refractivity (Wildman–Crippen MR) is 103 cm³/mol. The number of allylic oxidation sites excluding steroid dienone is 1. The van der Waals surface area contributed by atoms with Crippen molar-refractivity contribution in [1.29, 1.82) is 0 Å². The third-order valence-corrected chi connectivity index (χ3v) is 3.57. The Balaban J connectivity index is 1.81. The smallest absolute Gasteiger partial charge is 0.252 e. The molecule has 0 heterocycles. The second-order valence-corrected chi connectivity index (χ2v) is 5.46. The molecule has 6 heteroatoms. The van der Waals surface area contributed by atoms with Gasteiger partial charge in [-0.1, -0.05) is 36.4 Å². The highest BCUT2D eigenvalue weighted by Gasteiger charge is 2.21. The van der Waals surface area contributed by atoms with Gasteiger partial charge in [0.25, 0.3) is 5.91 Å². The lowest BCUT2D eigenvalue weighted by atomic mass is 10.1. The van der Waals surface area contributed by atoms with Crippen LogP contribution >= 0.6 is 0 Å². The fourth-order valence-electron chi connectivity index (χ4n) is 2.00. The minimum atomic E-state index is -0.882. The van der Waals surface area contributed by atoms with Crippen LogP contribution in [0, 0.1) is 5.92 Å². The third-order valence-electron chi connectivity index (χ3n) is 3.57.